The number of rotatable bonds is 4. The minimum absolute atomic E-state index is 0.0907. The van der Waals surface area contributed by atoms with Crippen LogP contribution >= 0.6 is 0 Å². The van der Waals surface area contributed by atoms with Crippen LogP contribution in [-0.2, 0) is 11.2 Å². The topological polar surface area (TPSA) is 21.3 Å². The Hall–Kier alpha value is -0.860. The normalized spacial score (nSPS) is 19.4. The fourth-order valence-electron chi connectivity index (χ4n) is 2.37. The average molecular weight is 233 g/mol. The molecule has 1 atom stereocenters. The molecule has 0 fully saturated rings. The fraction of sp³-hybridized carbons (Fsp3) is 0.600. The lowest BCUT2D eigenvalue weighted by molar-refractivity contribution is 0.0210. The maximum Gasteiger partial charge on any atom is 0.0746 e. The van der Waals surface area contributed by atoms with Crippen molar-refractivity contribution in [3.8, 4) is 0 Å². The van der Waals surface area contributed by atoms with E-state index in [1.54, 1.807) is 7.11 Å². The van der Waals surface area contributed by atoms with Crippen molar-refractivity contribution < 1.29 is 4.74 Å². The number of fused-ring (bicyclic) bond motifs is 1. The molecule has 1 unspecified atom stereocenters. The predicted molar refractivity (Wildman–Crippen MR) is 71.3 cm³/mol. The first-order chi connectivity index (χ1) is 8.02. The molecule has 1 aliphatic carbocycles. The van der Waals surface area contributed by atoms with Gasteiger partial charge in [0.25, 0.3) is 0 Å². The van der Waals surface area contributed by atoms with Crippen molar-refractivity contribution in [1.29, 1.82) is 0 Å². The van der Waals surface area contributed by atoms with E-state index in [9.17, 15) is 0 Å². The molecule has 0 aromatic heterocycles. The van der Waals surface area contributed by atoms with Gasteiger partial charge in [-0.2, -0.15) is 0 Å². The number of aryl methyl sites for hydroxylation is 2. The Morgan fingerprint density at radius 2 is 2.18 bits per heavy atom. The van der Waals surface area contributed by atoms with Crippen LogP contribution < -0.4 is 5.32 Å². The fourth-order valence-corrected chi connectivity index (χ4v) is 2.37. The monoisotopic (exact) mass is 233 g/mol. The summed E-state index contributed by atoms with van der Waals surface area (Å²) in [6.45, 7) is 7.29. The van der Waals surface area contributed by atoms with E-state index in [0.29, 0.717) is 6.04 Å². The average Bonchev–Trinajstić information content (AvgIpc) is 2.69. The molecule has 1 N–H and O–H groups in total. The molecular formula is C15H23NO. The zero-order valence-corrected chi connectivity index (χ0v) is 11.3. The predicted octanol–water partition coefficient (Wildman–Crippen LogP) is 3.00. The highest BCUT2D eigenvalue weighted by Gasteiger charge is 2.24. The molecule has 17 heavy (non-hydrogen) atoms. The van der Waals surface area contributed by atoms with Crippen LogP contribution in [-0.4, -0.2) is 19.3 Å². The number of benzene rings is 1. The third-order valence-electron chi connectivity index (χ3n) is 3.71. The second kappa shape index (κ2) is 4.79. The maximum atomic E-state index is 5.45. The SMILES string of the molecule is COC(C)(C)CNC1CCc2ccc(C)cc21. The first kappa shape index (κ1) is 12.6. The summed E-state index contributed by atoms with van der Waals surface area (Å²) in [5.74, 6) is 0. The van der Waals surface area contributed by atoms with Gasteiger partial charge in [-0.05, 0) is 44.7 Å². The molecule has 94 valence electrons. The Balaban J connectivity index is 2.04. The van der Waals surface area contributed by atoms with Crippen LogP contribution in [0.3, 0.4) is 0 Å². The molecule has 1 aliphatic rings. The Morgan fingerprint density at radius 1 is 1.41 bits per heavy atom. The Morgan fingerprint density at radius 3 is 2.88 bits per heavy atom. The highest BCUT2D eigenvalue weighted by Crippen LogP contribution is 2.31. The summed E-state index contributed by atoms with van der Waals surface area (Å²) in [4.78, 5) is 0. The van der Waals surface area contributed by atoms with Crippen LogP contribution in [0.25, 0.3) is 0 Å². The molecule has 0 heterocycles. The quantitative estimate of drug-likeness (QED) is 0.863. The summed E-state index contributed by atoms with van der Waals surface area (Å²) >= 11 is 0. The highest BCUT2D eigenvalue weighted by atomic mass is 16.5. The molecule has 0 spiro atoms. The van der Waals surface area contributed by atoms with Gasteiger partial charge in [0, 0.05) is 19.7 Å². The third kappa shape index (κ3) is 2.88. The lowest BCUT2D eigenvalue weighted by atomic mass is 10.0. The molecule has 2 nitrogen and oxygen atoms in total. The van der Waals surface area contributed by atoms with Crippen molar-refractivity contribution >= 4 is 0 Å². The van der Waals surface area contributed by atoms with Gasteiger partial charge in [0.2, 0.25) is 0 Å². The Bertz CT molecular complexity index is 398. The molecule has 0 saturated heterocycles. The molecule has 2 heteroatoms. The first-order valence-electron chi connectivity index (χ1n) is 6.40. The first-order valence-corrected chi connectivity index (χ1v) is 6.40. The van der Waals surface area contributed by atoms with E-state index in [0.717, 1.165) is 6.54 Å². The molecule has 0 aliphatic heterocycles. The van der Waals surface area contributed by atoms with Crippen LogP contribution in [0, 0.1) is 6.92 Å². The second-order valence-electron chi connectivity index (χ2n) is 5.64. The molecule has 2 rings (SSSR count). The van der Waals surface area contributed by atoms with Crippen molar-refractivity contribution in [3.63, 3.8) is 0 Å². The van der Waals surface area contributed by atoms with Gasteiger partial charge in [-0.15, -0.1) is 0 Å². The second-order valence-corrected chi connectivity index (χ2v) is 5.64. The van der Waals surface area contributed by atoms with E-state index >= 15 is 0 Å². The van der Waals surface area contributed by atoms with Crippen LogP contribution in [0.15, 0.2) is 18.2 Å². The number of ether oxygens (including phenoxy) is 1. The largest absolute Gasteiger partial charge is 0.377 e. The van der Waals surface area contributed by atoms with Gasteiger partial charge in [-0.25, -0.2) is 0 Å². The van der Waals surface area contributed by atoms with E-state index in [-0.39, 0.29) is 5.60 Å². The van der Waals surface area contributed by atoms with E-state index < -0.39 is 0 Å². The van der Waals surface area contributed by atoms with Crippen molar-refractivity contribution in [1.82, 2.24) is 5.32 Å². The molecule has 1 aromatic carbocycles. The number of nitrogens with one attached hydrogen (secondary N) is 1. The zero-order valence-electron chi connectivity index (χ0n) is 11.3. The van der Waals surface area contributed by atoms with Crippen LogP contribution in [0.5, 0.6) is 0 Å². The summed E-state index contributed by atoms with van der Waals surface area (Å²) in [6.07, 6.45) is 2.40. The third-order valence-corrected chi connectivity index (χ3v) is 3.71. The van der Waals surface area contributed by atoms with Crippen molar-refractivity contribution in [2.75, 3.05) is 13.7 Å². The molecule has 0 radical (unpaired) electrons. The van der Waals surface area contributed by atoms with Crippen molar-refractivity contribution in [3.05, 3.63) is 34.9 Å². The van der Waals surface area contributed by atoms with E-state index in [2.05, 4.69) is 44.3 Å². The smallest absolute Gasteiger partial charge is 0.0746 e. The van der Waals surface area contributed by atoms with Crippen LogP contribution in [0.2, 0.25) is 0 Å². The summed E-state index contributed by atoms with van der Waals surface area (Å²) < 4.78 is 5.45. The van der Waals surface area contributed by atoms with E-state index in [4.69, 9.17) is 4.74 Å². The number of methoxy groups -OCH3 is 1. The standard InChI is InChI=1S/C15H23NO/c1-11-5-6-12-7-8-14(13(12)9-11)16-10-15(2,3)17-4/h5-6,9,14,16H,7-8,10H2,1-4H3. The molecule has 1 aromatic rings. The van der Waals surface area contributed by atoms with E-state index in [1.165, 1.54) is 29.5 Å². The van der Waals surface area contributed by atoms with Gasteiger partial charge in [0.1, 0.15) is 0 Å². The Labute approximate surface area is 104 Å². The van der Waals surface area contributed by atoms with Crippen LogP contribution in [0.4, 0.5) is 0 Å². The lowest BCUT2D eigenvalue weighted by Crippen LogP contribution is -2.38. The number of hydrogen-bond acceptors (Lipinski definition) is 2. The summed E-state index contributed by atoms with van der Waals surface area (Å²) in [5.41, 5.74) is 4.25. The zero-order chi connectivity index (χ0) is 12.5. The van der Waals surface area contributed by atoms with E-state index in [1.807, 2.05) is 0 Å². The lowest BCUT2D eigenvalue weighted by Gasteiger charge is -2.26. The summed E-state index contributed by atoms with van der Waals surface area (Å²) in [5, 5.41) is 3.63. The Kier molecular flexibility index (Phi) is 3.55. The van der Waals surface area contributed by atoms with Gasteiger partial charge >= 0.3 is 0 Å². The molecule has 0 bridgehead atoms. The summed E-state index contributed by atoms with van der Waals surface area (Å²) in [6, 6.07) is 7.30. The van der Waals surface area contributed by atoms with Gasteiger partial charge in [-0.3, -0.25) is 0 Å². The van der Waals surface area contributed by atoms with Crippen molar-refractivity contribution in [2.45, 2.75) is 45.3 Å². The summed E-state index contributed by atoms with van der Waals surface area (Å²) in [7, 11) is 1.77. The minimum Gasteiger partial charge on any atom is -0.377 e. The molecular weight excluding hydrogens is 210 g/mol. The van der Waals surface area contributed by atoms with Gasteiger partial charge in [0.05, 0.1) is 5.60 Å². The number of hydrogen-bond donors (Lipinski definition) is 1. The molecule has 0 saturated carbocycles. The van der Waals surface area contributed by atoms with Gasteiger partial charge in [0.15, 0.2) is 0 Å². The maximum absolute atomic E-state index is 5.45. The van der Waals surface area contributed by atoms with Gasteiger partial charge < -0.3 is 10.1 Å². The molecule has 0 amide bonds. The highest BCUT2D eigenvalue weighted by molar-refractivity contribution is 5.37. The van der Waals surface area contributed by atoms with Crippen LogP contribution in [0.1, 0.15) is 43.0 Å². The van der Waals surface area contributed by atoms with Crippen molar-refractivity contribution in [2.24, 2.45) is 0 Å². The van der Waals surface area contributed by atoms with Gasteiger partial charge in [-0.1, -0.05) is 23.8 Å². The minimum atomic E-state index is -0.0907.